The van der Waals surface area contributed by atoms with Crippen LogP contribution in [0, 0.1) is 5.92 Å². The van der Waals surface area contributed by atoms with Gasteiger partial charge in [0.25, 0.3) is 0 Å². The molecule has 1 saturated heterocycles. The Bertz CT molecular complexity index is 495. The highest BCUT2D eigenvalue weighted by molar-refractivity contribution is 5.92. The highest BCUT2D eigenvalue weighted by atomic mass is 16.5. The second-order valence-electron chi connectivity index (χ2n) is 5.61. The van der Waals surface area contributed by atoms with Crippen LogP contribution in [0.1, 0.15) is 30.1 Å². The van der Waals surface area contributed by atoms with Crippen molar-refractivity contribution in [3.8, 4) is 11.5 Å². The Morgan fingerprint density at radius 2 is 2.05 bits per heavy atom. The average molecular weight is 293 g/mol. The summed E-state index contributed by atoms with van der Waals surface area (Å²) in [5, 5.41) is 9.30. The van der Waals surface area contributed by atoms with E-state index in [1.165, 1.54) is 7.11 Å². The van der Waals surface area contributed by atoms with Crippen LogP contribution in [0.15, 0.2) is 18.2 Å². The van der Waals surface area contributed by atoms with Crippen LogP contribution in [-0.2, 0) is 0 Å². The maximum atomic E-state index is 11.3. The van der Waals surface area contributed by atoms with Crippen LogP contribution < -0.4 is 9.47 Å². The van der Waals surface area contributed by atoms with E-state index in [4.69, 9.17) is 9.47 Å². The van der Waals surface area contributed by atoms with Crippen LogP contribution >= 0.6 is 0 Å². The molecule has 1 fully saturated rings. The number of ether oxygens (including phenoxy) is 2. The van der Waals surface area contributed by atoms with Gasteiger partial charge < -0.3 is 19.5 Å². The lowest BCUT2D eigenvalue weighted by molar-refractivity contribution is 0.0672. The molecule has 1 aliphatic rings. The van der Waals surface area contributed by atoms with Gasteiger partial charge in [0.05, 0.1) is 13.2 Å². The molecule has 2 rings (SSSR count). The Kier molecular flexibility index (Phi) is 5.07. The number of methoxy groups -OCH3 is 1. The zero-order chi connectivity index (χ0) is 15.4. The Hall–Kier alpha value is -1.75. The van der Waals surface area contributed by atoms with Crippen molar-refractivity contribution in [3.05, 3.63) is 23.8 Å². The quantitative estimate of drug-likeness (QED) is 0.904. The SMILES string of the molecule is COc1cccc(C(=O)O)c1OC(C)C1CCN(C)CC1. The summed E-state index contributed by atoms with van der Waals surface area (Å²) in [6.07, 6.45) is 2.10. The Labute approximate surface area is 125 Å². The van der Waals surface area contributed by atoms with E-state index in [-0.39, 0.29) is 11.7 Å². The molecule has 1 aromatic carbocycles. The summed E-state index contributed by atoms with van der Waals surface area (Å²) in [6.45, 7) is 4.11. The van der Waals surface area contributed by atoms with Crippen molar-refractivity contribution in [2.75, 3.05) is 27.2 Å². The minimum Gasteiger partial charge on any atom is -0.493 e. The first-order valence-electron chi connectivity index (χ1n) is 7.28. The molecule has 0 bridgehead atoms. The van der Waals surface area contributed by atoms with Crippen LogP contribution in [0.2, 0.25) is 0 Å². The average Bonchev–Trinajstić information content (AvgIpc) is 2.47. The van der Waals surface area contributed by atoms with E-state index < -0.39 is 5.97 Å². The van der Waals surface area contributed by atoms with E-state index in [9.17, 15) is 9.90 Å². The molecule has 0 aromatic heterocycles. The van der Waals surface area contributed by atoms with E-state index >= 15 is 0 Å². The van der Waals surface area contributed by atoms with Crippen LogP contribution in [-0.4, -0.2) is 49.3 Å². The van der Waals surface area contributed by atoms with Gasteiger partial charge in [-0.3, -0.25) is 0 Å². The molecule has 1 unspecified atom stereocenters. The van der Waals surface area contributed by atoms with Gasteiger partial charge in [-0.1, -0.05) is 6.07 Å². The van der Waals surface area contributed by atoms with Gasteiger partial charge in [0.1, 0.15) is 5.56 Å². The fourth-order valence-corrected chi connectivity index (χ4v) is 2.75. The molecule has 5 nitrogen and oxygen atoms in total. The van der Waals surface area contributed by atoms with Crippen LogP contribution in [0.4, 0.5) is 0 Å². The molecule has 1 aliphatic heterocycles. The van der Waals surface area contributed by atoms with Gasteiger partial charge >= 0.3 is 5.97 Å². The molecular formula is C16H23NO4. The summed E-state index contributed by atoms with van der Waals surface area (Å²) in [5.41, 5.74) is 0.147. The number of carboxylic acid groups (broad SMARTS) is 1. The molecule has 0 saturated carbocycles. The van der Waals surface area contributed by atoms with E-state index in [1.54, 1.807) is 18.2 Å². The van der Waals surface area contributed by atoms with Crippen molar-refractivity contribution in [1.29, 1.82) is 0 Å². The Morgan fingerprint density at radius 3 is 2.62 bits per heavy atom. The molecule has 116 valence electrons. The van der Waals surface area contributed by atoms with E-state index in [0.717, 1.165) is 25.9 Å². The van der Waals surface area contributed by atoms with Gasteiger partial charge in [0, 0.05) is 0 Å². The number of carbonyl (C=O) groups is 1. The number of likely N-dealkylation sites (tertiary alicyclic amines) is 1. The number of rotatable bonds is 5. The predicted molar refractivity (Wildman–Crippen MR) is 80.3 cm³/mol. The van der Waals surface area contributed by atoms with Gasteiger partial charge in [0.15, 0.2) is 11.5 Å². The third-order valence-electron chi connectivity index (χ3n) is 4.16. The number of benzene rings is 1. The molecule has 5 heteroatoms. The lowest BCUT2D eigenvalue weighted by Gasteiger charge is -2.33. The summed E-state index contributed by atoms with van der Waals surface area (Å²) in [7, 11) is 3.64. The van der Waals surface area contributed by atoms with E-state index in [0.29, 0.717) is 17.4 Å². The second kappa shape index (κ2) is 6.80. The first-order chi connectivity index (χ1) is 10.0. The predicted octanol–water partition coefficient (Wildman–Crippen LogP) is 2.50. The largest absolute Gasteiger partial charge is 0.493 e. The summed E-state index contributed by atoms with van der Waals surface area (Å²) >= 11 is 0. The topological polar surface area (TPSA) is 59.0 Å². The van der Waals surface area contributed by atoms with Crippen molar-refractivity contribution < 1.29 is 19.4 Å². The summed E-state index contributed by atoms with van der Waals surface area (Å²) in [5.74, 6) is 0.237. The standard InChI is InChI=1S/C16H23NO4/c1-11(12-7-9-17(2)10-8-12)21-15-13(16(18)19)5-4-6-14(15)20-3/h4-6,11-12H,7-10H2,1-3H3,(H,18,19). The number of nitrogens with zero attached hydrogens (tertiary/aromatic N) is 1. The summed E-state index contributed by atoms with van der Waals surface area (Å²) in [6, 6.07) is 4.93. The first-order valence-corrected chi connectivity index (χ1v) is 7.28. The van der Waals surface area contributed by atoms with Crippen molar-refractivity contribution >= 4 is 5.97 Å². The van der Waals surface area contributed by atoms with Gasteiger partial charge in [-0.05, 0) is 58.0 Å². The molecule has 0 spiro atoms. The maximum absolute atomic E-state index is 11.3. The normalized spacial score (nSPS) is 18.2. The molecule has 0 amide bonds. The number of hydrogen-bond donors (Lipinski definition) is 1. The number of piperidine rings is 1. The third-order valence-corrected chi connectivity index (χ3v) is 4.16. The van der Waals surface area contributed by atoms with Crippen LogP contribution in [0.3, 0.4) is 0 Å². The highest BCUT2D eigenvalue weighted by Gasteiger charge is 2.26. The number of hydrogen-bond acceptors (Lipinski definition) is 4. The molecule has 0 radical (unpaired) electrons. The molecule has 1 aromatic rings. The van der Waals surface area contributed by atoms with Crippen molar-refractivity contribution in [2.45, 2.75) is 25.9 Å². The van der Waals surface area contributed by atoms with Crippen molar-refractivity contribution in [1.82, 2.24) is 4.90 Å². The van der Waals surface area contributed by atoms with Crippen molar-refractivity contribution in [3.63, 3.8) is 0 Å². The fraction of sp³-hybridized carbons (Fsp3) is 0.562. The number of para-hydroxylation sites is 1. The monoisotopic (exact) mass is 293 g/mol. The zero-order valence-corrected chi connectivity index (χ0v) is 12.8. The van der Waals surface area contributed by atoms with Crippen LogP contribution in [0.25, 0.3) is 0 Å². The van der Waals surface area contributed by atoms with Gasteiger partial charge in [0.2, 0.25) is 0 Å². The summed E-state index contributed by atoms with van der Waals surface area (Å²) in [4.78, 5) is 13.6. The van der Waals surface area contributed by atoms with Gasteiger partial charge in [-0.2, -0.15) is 0 Å². The van der Waals surface area contributed by atoms with Gasteiger partial charge in [-0.25, -0.2) is 4.79 Å². The van der Waals surface area contributed by atoms with Crippen molar-refractivity contribution in [2.24, 2.45) is 5.92 Å². The first kappa shape index (κ1) is 15.6. The Balaban J connectivity index is 2.16. The Morgan fingerprint density at radius 1 is 1.38 bits per heavy atom. The highest BCUT2D eigenvalue weighted by Crippen LogP contribution is 2.34. The van der Waals surface area contributed by atoms with E-state index in [2.05, 4.69) is 11.9 Å². The molecule has 1 heterocycles. The van der Waals surface area contributed by atoms with E-state index in [1.807, 2.05) is 6.92 Å². The lowest BCUT2D eigenvalue weighted by atomic mass is 9.92. The molecule has 21 heavy (non-hydrogen) atoms. The minimum absolute atomic E-state index is 0.0342. The summed E-state index contributed by atoms with van der Waals surface area (Å²) < 4.78 is 11.2. The molecule has 1 N–H and O–H groups in total. The number of aromatic carboxylic acids is 1. The zero-order valence-electron chi connectivity index (χ0n) is 12.8. The molecule has 1 atom stereocenters. The fourth-order valence-electron chi connectivity index (χ4n) is 2.75. The molecule has 0 aliphatic carbocycles. The number of carboxylic acids is 1. The van der Waals surface area contributed by atoms with Crippen LogP contribution in [0.5, 0.6) is 11.5 Å². The lowest BCUT2D eigenvalue weighted by Crippen LogP contribution is -2.36. The third kappa shape index (κ3) is 3.67. The minimum atomic E-state index is -1.00. The van der Waals surface area contributed by atoms with Gasteiger partial charge in [-0.15, -0.1) is 0 Å². The second-order valence-corrected chi connectivity index (χ2v) is 5.61. The molecular weight excluding hydrogens is 270 g/mol. The smallest absolute Gasteiger partial charge is 0.339 e. The maximum Gasteiger partial charge on any atom is 0.339 e.